The fourth-order valence-electron chi connectivity index (χ4n) is 1.82. The van der Waals surface area contributed by atoms with E-state index in [1.807, 2.05) is 18.9 Å². The van der Waals surface area contributed by atoms with Crippen LogP contribution in [0.3, 0.4) is 0 Å². The first-order chi connectivity index (χ1) is 6.16. The molecule has 1 unspecified atom stereocenters. The Kier molecular flexibility index (Phi) is 3.72. The smallest absolute Gasteiger partial charge is 0.320 e. The van der Waals surface area contributed by atoms with Crippen LogP contribution in [0.15, 0.2) is 0 Å². The fraction of sp³-hybridized carbons (Fsp3) is 0.900. The molecule has 1 fully saturated rings. The van der Waals surface area contributed by atoms with E-state index < -0.39 is 5.97 Å². The third-order valence-electron chi connectivity index (χ3n) is 2.99. The molecule has 1 N–H and O–H groups in total. The number of hydrogen-bond acceptors (Lipinski definition) is 2. The van der Waals surface area contributed by atoms with Crippen LogP contribution < -0.4 is 0 Å². The second kappa shape index (κ2) is 4.61. The highest BCUT2D eigenvalue weighted by Gasteiger charge is 2.30. The monoisotopic (exact) mass is 185 g/mol. The van der Waals surface area contributed by atoms with Crippen molar-refractivity contribution in [2.75, 3.05) is 7.05 Å². The van der Waals surface area contributed by atoms with Gasteiger partial charge in [-0.15, -0.1) is 0 Å². The van der Waals surface area contributed by atoms with E-state index in [1.165, 1.54) is 19.3 Å². The quantitative estimate of drug-likeness (QED) is 0.709. The predicted octanol–water partition coefficient (Wildman–Crippen LogP) is 1.72. The minimum Gasteiger partial charge on any atom is -0.480 e. The van der Waals surface area contributed by atoms with Gasteiger partial charge >= 0.3 is 5.97 Å². The lowest BCUT2D eigenvalue weighted by atomic mass is 9.90. The summed E-state index contributed by atoms with van der Waals surface area (Å²) in [4.78, 5) is 13.0. The van der Waals surface area contributed by atoms with Crippen molar-refractivity contribution in [2.24, 2.45) is 0 Å². The Morgan fingerprint density at radius 1 is 1.62 bits per heavy atom. The second-order valence-corrected chi connectivity index (χ2v) is 3.89. The first-order valence-electron chi connectivity index (χ1n) is 5.11. The summed E-state index contributed by atoms with van der Waals surface area (Å²) in [5, 5.41) is 9.00. The van der Waals surface area contributed by atoms with Gasteiger partial charge < -0.3 is 5.11 Å². The largest absolute Gasteiger partial charge is 0.480 e. The molecule has 13 heavy (non-hydrogen) atoms. The lowest BCUT2D eigenvalue weighted by molar-refractivity contribution is -0.144. The molecule has 0 spiro atoms. The maximum Gasteiger partial charge on any atom is 0.320 e. The Bertz CT molecular complexity index is 178. The molecule has 1 atom stereocenters. The summed E-state index contributed by atoms with van der Waals surface area (Å²) in [5.41, 5.74) is 0. The van der Waals surface area contributed by atoms with Gasteiger partial charge in [-0.1, -0.05) is 19.8 Å². The summed E-state index contributed by atoms with van der Waals surface area (Å²) >= 11 is 0. The molecule has 0 radical (unpaired) electrons. The van der Waals surface area contributed by atoms with Crippen LogP contribution in [-0.2, 0) is 4.79 Å². The summed E-state index contributed by atoms with van der Waals surface area (Å²) in [5.74, 6) is -0.670. The van der Waals surface area contributed by atoms with Gasteiger partial charge in [-0.2, -0.15) is 0 Å². The van der Waals surface area contributed by atoms with Crippen molar-refractivity contribution in [3.8, 4) is 0 Å². The van der Waals surface area contributed by atoms with Crippen LogP contribution in [0, 0.1) is 0 Å². The highest BCUT2D eigenvalue weighted by molar-refractivity contribution is 5.73. The van der Waals surface area contributed by atoms with E-state index in [4.69, 9.17) is 5.11 Å². The minimum absolute atomic E-state index is 0.268. The highest BCUT2D eigenvalue weighted by atomic mass is 16.4. The molecule has 3 heteroatoms. The zero-order valence-electron chi connectivity index (χ0n) is 8.49. The van der Waals surface area contributed by atoms with E-state index in [-0.39, 0.29) is 6.04 Å². The summed E-state index contributed by atoms with van der Waals surface area (Å²) in [6, 6.07) is 0.253. The van der Waals surface area contributed by atoms with Gasteiger partial charge in [-0.3, -0.25) is 9.69 Å². The van der Waals surface area contributed by atoms with Crippen molar-refractivity contribution in [2.45, 2.75) is 51.1 Å². The van der Waals surface area contributed by atoms with E-state index in [2.05, 4.69) is 0 Å². The number of likely N-dealkylation sites (N-methyl/N-ethyl adjacent to an activating group) is 1. The Morgan fingerprint density at radius 2 is 2.23 bits per heavy atom. The summed E-state index contributed by atoms with van der Waals surface area (Å²) in [6.45, 7) is 2.03. The SMILES string of the molecule is CCCC(C(=O)O)N(C)C1CCC1. The van der Waals surface area contributed by atoms with Gasteiger partial charge in [0.25, 0.3) is 0 Å². The first kappa shape index (κ1) is 10.5. The van der Waals surface area contributed by atoms with Crippen molar-refractivity contribution < 1.29 is 9.90 Å². The molecule has 0 saturated heterocycles. The molecule has 1 aliphatic rings. The molecule has 1 aliphatic carbocycles. The molecule has 76 valence electrons. The number of aliphatic carboxylic acids is 1. The van der Waals surface area contributed by atoms with Crippen molar-refractivity contribution in [1.29, 1.82) is 0 Å². The molecule has 0 aromatic rings. The molecule has 0 aromatic carbocycles. The molecule has 0 bridgehead atoms. The van der Waals surface area contributed by atoms with Crippen LogP contribution >= 0.6 is 0 Å². The number of carbonyl (C=O) groups is 1. The topological polar surface area (TPSA) is 40.5 Å². The maximum absolute atomic E-state index is 10.9. The Labute approximate surface area is 79.7 Å². The van der Waals surface area contributed by atoms with Crippen LogP contribution in [0.5, 0.6) is 0 Å². The average molecular weight is 185 g/mol. The molecule has 3 nitrogen and oxygen atoms in total. The van der Waals surface area contributed by atoms with E-state index >= 15 is 0 Å². The average Bonchev–Trinajstić information content (AvgIpc) is 1.95. The number of carboxylic acid groups (broad SMARTS) is 1. The lowest BCUT2D eigenvalue weighted by Crippen LogP contribution is -2.47. The lowest BCUT2D eigenvalue weighted by Gasteiger charge is -2.38. The standard InChI is InChI=1S/C10H19NO2/c1-3-5-9(10(12)13)11(2)8-6-4-7-8/h8-9H,3-7H2,1-2H3,(H,12,13). The minimum atomic E-state index is -0.670. The van der Waals surface area contributed by atoms with Crippen LogP contribution in [0.25, 0.3) is 0 Å². The molecular formula is C10H19NO2. The zero-order chi connectivity index (χ0) is 9.84. The number of hydrogen-bond donors (Lipinski definition) is 1. The van der Waals surface area contributed by atoms with Crippen LogP contribution in [0.4, 0.5) is 0 Å². The molecule has 1 rings (SSSR count). The van der Waals surface area contributed by atoms with Gasteiger partial charge in [0.2, 0.25) is 0 Å². The van der Waals surface area contributed by atoms with Crippen molar-refractivity contribution in [3.63, 3.8) is 0 Å². The van der Waals surface area contributed by atoms with Crippen molar-refractivity contribution in [1.82, 2.24) is 4.90 Å². The van der Waals surface area contributed by atoms with Gasteiger partial charge in [0.05, 0.1) is 0 Å². The molecular weight excluding hydrogens is 166 g/mol. The molecule has 0 aliphatic heterocycles. The predicted molar refractivity (Wildman–Crippen MR) is 51.7 cm³/mol. The number of carboxylic acids is 1. The molecule has 1 saturated carbocycles. The highest BCUT2D eigenvalue weighted by Crippen LogP contribution is 2.26. The van der Waals surface area contributed by atoms with Crippen LogP contribution in [-0.4, -0.2) is 35.1 Å². The third kappa shape index (κ3) is 2.44. The summed E-state index contributed by atoms with van der Waals surface area (Å²) < 4.78 is 0. The van der Waals surface area contributed by atoms with Crippen molar-refractivity contribution in [3.05, 3.63) is 0 Å². The molecule has 0 amide bonds. The third-order valence-corrected chi connectivity index (χ3v) is 2.99. The van der Waals surface area contributed by atoms with Gasteiger partial charge in [0.15, 0.2) is 0 Å². The number of rotatable bonds is 5. The van der Waals surface area contributed by atoms with E-state index in [0.717, 1.165) is 12.8 Å². The fourth-order valence-corrected chi connectivity index (χ4v) is 1.82. The number of nitrogens with zero attached hydrogens (tertiary/aromatic N) is 1. The second-order valence-electron chi connectivity index (χ2n) is 3.89. The van der Waals surface area contributed by atoms with E-state index in [1.54, 1.807) is 0 Å². The normalized spacial score (nSPS) is 19.9. The van der Waals surface area contributed by atoms with Gasteiger partial charge in [0.1, 0.15) is 6.04 Å². The van der Waals surface area contributed by atoms with Gasteiger partial charge in [-0.05, 0) is 26.3 Å². The maximum atomic E-state index is 10.9. The summed E-state index contributed by atoms with van der Waals surface area (Å²) in [6.07, 6.45) is 5.30. The Balaban J connectivity index is 2.46. The van der Waals surface area contributed by atoms with Crippen LogP contribution in [0.2, 0.25) is 0 Å². The Hall–Kier alpha value is -0.570. The first-order valence-corrected chi connectivity index (χ1v) is 5.11. The molecule has 0 heterocycles. The van der Waals surface area contributed by atoms with Gasteiger partial charge in [-0.25, -0.2) is 0 Å². The van der Waals surface area contributed by atoms with E-state index in [0.29, 0.717) is 6.04 Å². The Morgan fingerprint density at radius 3 is 2.54 bits per heavy atom. The zero-order valence-corrected chi connectivity index (χ0v) is 8.49. The van der Waals surface area contributed by atoms with E-state index in [9.17, 15) is 4.79 Å². The van der Waals surface area contributed by atoms with Gasteiger partial charge in [0, 0.05) is 6.04 Å². The van der Waals surface area contributed by atoms with Crippen LogP contribution in [0.1, 0.15) is 39.0 Å². The molecule has 0 aromatic heterocycles. The summed E-state index contributed by atoms with van der Waals surface area (Å²) in [7, 11) is 1.94. The van der Waals surface area contributed by atoms with Crippen molar-refractivity contribution >= 4 is 5.97 Å².